The number of nitrogens with one attached hydrogen (secondary N) is 1. The first-order valence-electron chi connectivity index (χ1n) is 5.14. The standard InChI is InChI=1S/C11H11NO5S2.Na/c1-18(13,14)12-10-6-7-11(19(15,16)17)9-5-3-2-4-8(9)10;/h2-7,12H,1H3,(H,15,16,17);/q;+1/p-1. The fourth-order valence-electron chi connectivity index (χ4n) is 1.78. The van der Waals surface area contributed by atoms with Gasteiger partial charge < -0.3 is 4.55 Å². The molecule has 20 heavy (non-hydrogen) atoms. The second-order valence-electron chi connectivity index (χ2n) is 3.99. The molecule has 0 amide bonds. The number of rotatable bonds is 3. The van der Waals surface area contributed by atoms with Gasteiger partial charge in [0, 0.05) is 10.8 Å². The third-order valence-corrected chi connectivity index (χ3v) is 3.93. The Kier molecular flexibility index (Phi) is 5.23. The molecule has 0 aliphatic rings. The zero-order valence-corrected chi connectivity index (χ0v) is 14.5. The minimum absolute atomic E-state index is 0. The molecule has 0 spiro atoms. The van der Waals surface area contributed by atoms with Crippen LogP contribution in [0.3, 0.4) is 0 Å². The van der Waals surface area contributed by atoms with E-state index in [1.807, 2.05) is 0 Å². The van der Waals surface area contributed by atoms with E-state index in [1.165, 1.54) is 18.2 Å². The van der Waals surface area contributed by atoms with Gasteiger partial charge in [0.2, 0.25) is 10.0 Å². The molecule has 0 heterocycles. The molecule has 0 aliphatic heterocycles. The maximum absolute atomic E-state index is 11.2. The first kappa shape index (κ1) is 17.4. The molecule has 0 fully saturated rings. The summed E-state index contributed by atoms with van der Waals surface area (Å²) in [5, 5.41) is 0.538. The van der Waals surface area contributed by atoms with Gasteiger partial charge in [-0.2, -0.15) is 0 Å². The molecule has 1 N–H and O–H groups in total. The zero-order valence-electron chi connectivity index (χ0n) is 10.8. The van der Waals surface area contributed by atoms with Crippen molar-refractivity contribution in [3.63, 3.8) is 0 Å². The Balaban J connectivity index is 0.00000200. The van der Waals surface area contributed by atoms with E-state index in [4.69, 9.17) is 0 Å². The normalized spacial score (nSPS) is 11.9. The zero-order chi connectivity index (χ0) is 14.3. The van der Waals surface area contributed by atoms with E-state index in [1.54, 1.807) is 12.1 Å². The van der Waals surface area contributed by atoms with Gasteiger partial charge in [0.25, 0.3) is 0 Å². The van der Waals surface area contributed by atoms with Crippen molar-refractivity contribution in [1.82, 2.24) is 0 Å². The number of anilines is 1. The molecule has 0 bridgehead atoms. The van der Waals surface area contributed by atoms with E-state index >= 15 is 0 Å². The van der Waals surface area contributed by atoms with Crippen molar-refractivity contribution >= 4 is 36.6 Å². The molecule has 0 unspecified atom stereocenters. The molecule has 0 saturated carbocycles. The molecule has 2 rings (SSSR count). The smallest absolute Gasteiger partial charge is 0.744 e. The number of hydrogen-bond acceptors (Lipinski definition) is 5. The largest absolute Gasteiger partial charge is 1.00 e. The van der Waals surface area contributed by atoms with Gasteiger partial charge in [0.05, 0.1) is 16.8 Å². The summed E-state index contributed by atoms with van der Waals surface area (Å²) in [6, 6.07) is 8.54. The van der Waals surface area contributed by atoms with E-state index in [0.29, 0.717) is 5.39 Å². The van der Waals surface area contributed by atoms with Gasteiger partial charge in [0.15, 0.2) is 0 Å². The Labute approximate surface area is 139 Å². The van der Waals surface area contributed by atoms with Crippen molar-refractivity contribution < 1.29 is 50.9 Å². The van der Waals surface area contributed by atoms with E-state index in [2.05, 4.69) is 4.72 Å². The molecule has 0 atom stereocenters. The van der Waals surface area contributed by atoms with Crippen LogP contribution < -0.4 is 34.3 Å². The van der Waals surface area contributed by atoms with Gasteiger partial charge in [-0.3, -0.25) is 4.72 Å². The van der Waals surface area contributed by atoms with Gasteiger partial charge in [-0.15, -0.1) is 0 Å². The monoisotopic (exact) mass is 323 g/mol. The molecular weight excluding hydrogens is 313 g/mol. The van der Waals surface area contributed by atoms with Crippen LogP contribution in [0.25, 0.3) is 10.8 Å². The first-order valence-corrected chi connectivity index (χ1v) is 8.44. The van der Waals surface area contributed by atoms with E-state index in [9.17, 15) is 21.4 Å². The summed E-state index contributed by atoms with van der Waals surface area (Å²) in [5.74, 6) is 0. The molecule has 0 aromatic heterocycles. The SMILES string of the molecule is CS(=O)(=O)Nc1ccc(S(=O)(=O)[O-])c2ccccc12.[Na+]. The number of fused-ring (bicyclic) bond motifs is 1. The Morgan fingerprint density at radius 2 is 1.50 bits per heavy atom. The molecular formula is C11H10NNaO5S2. The first-order chi connectivity index (χ1) is 8.68. The van der Waals surface area contributed by atoms with Crippen LogP contribution in [0.1, 0.15) is 0 Å². The molecule has 2 aromatic rings. The predicted molar refractivity (Wildman–Crippen MR) is 70.4 cm³/mol. The fraction of sp³-hybridized carbons (Fsp3) is 0.0909. The van der Waals surface area contributed by atoms with Crippen LogP contribution in [0.4, 0.5) is 5.69 Å². The van der Waals surface area contributed by atoms with Crippen LogP contribution in [0, 0.1) is 0 Å². The van der Waals surface area contributed by atoms with Gasteiger partial charge in [-0.1, -0.05) is 24.3 Å². The van der Waals surface area contributed by atoms with Crippen LogP contribution >= 0.6 is 0 Å². The number of hydrogen-bond donors (Lipinski definition) is 1. The van der Waals surface area contributed by atoms with Crippen LogP contribution in [-0.4, -0.2) is 27.6 Å². The minimum Gasteiger partial charge on any atom is -0.744 e. The second-order valence-corrected chi connectivity index (χ2v) is 7.08. The Morgan fingerprint density at radius 1 is 0.950 bits per heavy atom. The third kappa shape index (κ3) is 3.94. The van der Waals surface area contributed by atoms with Gasteiger partial charge in [0.1, 0.15) is 10.1 Å². The summed E-state index contributed by atoms with van der Waals surface area (Å²) >= 11 is 0. The van der Waals surface area contributed by atoms with Gasteiger partial charge in [-0.05, 0) is 12.1 Å². The van der Waals surface area contributed by atoms with Crippen LogP contribution in [0.5, 0.6) is 0 Å². The van der Waals surface area contributed by atoms with Crippen molar-refractivity contribution in [2.45, 2.75) is 4.90 Å². The van der Waals surface area contributed by atoms with E-state index in [0.717, 1.165) is 12.3 Å². The Morgan fingerprint density at radius 3 is 2.00 bits per heavy atom. The molecule has 2 aromatic carbocycles. The Hall–Kier alpha value is -0.640. The molecule has 9 heteroatoms. The van der Waals surface area contributed by atoms with Crippen LogP contribution in [0.2, 0.25) is 0 Å². The quantitative estimate of drug-likeness (QED) is 0.526. The Bertz CT molecular complexity index is 846. The van der Waals surface area contributed by atoms with Crippen LogP contribution in [-0.2, 0) is 20.1 Å². The summed E-state index contributed by atoms with van der Waals surface area (Å²) < 4.78 is 58.2. The molecule has 102 valence electrons. The summed E-state index contributed by atoms with van der Waals surface area (Å²) in [7, 11) is -8.11. The van der Waals surface area contributed by atoms with Crippen molar-refractivity contribution in [3.05, 3.63) is 36.4 Å². The van der Waals surface area contributed by atoms with Crippen molar-refractivity contribution in [2.75, 3.05) is 11.0 Å². The molecule has 0 aliphatic carbocycles. The summed E-state index contributed by atoms with van der Waals surface area (Å²) in [6.45, 7) is 0. The predicted octanol–water partition coefficient (Wildman–Crippen LogP) is -1.88. The second kappa shape index (κ2) is 6.00. The van der Waals surface area contributed by atoms with Crippen LogP contribution in [0.15, 0.2) is 41.3 Å². The summed E-state index contributed by atoms with van der Waals surface area (Å²) in [6.07, 6.45) is 0.986. The third-order valence-electron chi connectivity index (χ3n) is 2.45. The fourth-order valence-corrected chi connectivity index (χ4v) is 3.04. The van der Waals surface area contributed by atoms with Gasteiger partial charge in [-0.25, -0.2) is 16.8 Å². The van der Waals surface area contributed by atoms with Gasteiger partial charge >= 0.3 is 29.6 Å². The maximum atomic E-state index is 11.2. The minimum atomic E-state index is -4.62. The number of benzene rings is 2. The van der Waals surface area contributed by atoms with Crippen molar-refractivity contribution in [2.24, 2.45) is 0 Å². The topological polar surface area (TPSA) is 103 Å². The van der Waals surface area contributed by atoms with Crippen molar-refractivity contribution in [3.8, 4) is 0 Å². The van der Waals surface area contributed by atoms with E-state index in [-0.39, 0.29) is 45.5 Å². The maximum Gasteiger partial charge on any atom is 1.00 e. The number of sulfonamides is 1. The molecule has 0 radical (unpaired) electrons. The molecule has 6 nitrogen and oxygen atoms in total. The molecule has 0 saturated heterocycles. The average molecular weight is 323 g/mol. The van der Waals surface area contributed by atoms with E-state index < -0.39 is 20.1 Å². The summed E-state index contributed by atoms with van der Waals surface area (Å²) in [4.78, 5) is -0.373. The summed E-state index contributed by atoms with van der Waals surface area (Å²) in [5.41, 5.74) is 0.227. The average Bonchev–Trinajstić information content (AvgIpc) is 2.25. The van der Waals surface area contributed by atoms with Crippen molar-refractivity contribution in [1.29, 1.82) is 0 Å².